The number of hydrogen-bond acceptors (Lipinski definition) is 2. The molecule has 2 aromatic rings. The van der Waals surface area contributed by atoms with E-state index in [1.165, 1.54) is 47.5 Å². The Morgan fingerprint density at radius 1 is 1.05 bits per heavy atom. The average Bonchev–Trinajstić information content (AvgIpc) is 2.52. The molecule has 0 bridgehead atoms. The minimum atomic E-state index is 0.985. The van der Waals surface area contributed by atoms with Crippen molar-refractivity contribution < 1.29 is 0 Å². The lowest BCUT2D eigenvalue weighted by Gasteiger charge is -2.31. The number of aryl methyl sites for hydroxylation is 2. The van der Waals surface area contributed by atoms with Crippen molar-refractivity contribution in [3.8, 4) is 0 Å². The molecule has 0 amide bonds. The van der Waals surface area contributed by atoms with Gasteiger partial charge in [-0.3, -0.25) is 0 Å². The van der Waals surface area contributed by atoms with E-state index in [4.69, 9.17) is 0 Å². The van der Waals surface area contributed by atoms with Crippen molar-refractivity contribution in [1.29, 1.82) is 0 Å². The molecule has 0 aliphatic carbocycles. The van der Waals surface area contributed by atoms with Gasteiger partial charge in [0.1, 0.15) is 0 Å². The van der Waals surface area contributed by atoms with Gasteiger partial charge in [0.05, 0.1) is 0 Å². The van der Waals surface area contributed by atoms with E-state index in [2.05, 4.69) is 66.5 Å². The van der Waals surface area contributed by atoms with Crippen LogP contribution in [0.2, 0.25) is 0 Å². The Balaban J connectivity index is 1.63. The summed E-state index contributed by atoms with van der Waals surface area (Å²) in [6, 6.07) is 15.3. The lowest BCUT2D eigenvalue weighted by atomic mass is 10.0. The first kappa shape index (κ1) is 14.0. The number of nitrogens with zero attached hydrogens (tertiary/aromatic N) is 1. The maximum absolute atomic E-state index is 3.59. The molecule has 0 atom stereocenters. The average molecular weight is 280 g/mol. The molecule has 1 heterocycles. The second kappa shape index (κ2) is 6.21. The summed E-state index contributed by atoms with van der Waals surface area (Å²) < 4.78 is 0. The zero-order valence-corrected chi connectivity index (χ0v) is 13.0. The number of benzene rings is 2. The summed E-state index contributed by atoms with van der Waals surface area (Å²) in [7, 11) is 0. The summed E-state index contributed by atoms with van der Waals surface area (Å²) in [6.45, 7) is 7.57. The van der Waals surface area contributed by atoms with Crippen molar-refractivity contribution in [3.05, 3.63) is 59.2 Å². The fraction of sp³-hybridized carbons (Fsp3) is 0.368. The fourth-order valence-corrected chi connectivity index (χ4v) is 3.11. The Morgan fingerprint density at radius 3 is 2.81 bits per heavy atom. The Hall–Kier alpha value is -1.96. The minimum absolute atomic E-state index is 0.985. The first-order chi connectivity index (χ1) is 10.3. The normalized spacial score (nSPS) is 13.9. The van der Waals surface area contributed by atoms with E-state index in [-0.39, 0.29) is 0 Å². The van der Waals surface area contributed by atoms with Crippen LogP contribution >= 0.6 is 0 Å². The Bertz CT molecular complexity index is 619. The molecule has 110 valence electrons. The molecule has 0 saturated carbocycles. The summed E-state index contributed by atoms with van der Waals surface area (Å²) in [4.78, 5) is 2.51. The van der Waals surface area contributed by atoms with Crippen LogP contribution in [0.1, 0.15) is 23.1 Å². The van der Waals surface area contributed by atoms with Crippen LogP contribution in [-0.2, 0) is 6.42 Å². The first-order valence-electron chi connectivity index (χ1n) is 7.88. The summed E-state index contributed by atoms with van der Waals surface area (Å²) >= 11 is 0. The first-order valence-corrected chi connectivity index (χ1v) is 7.88. The van der Waals surface area contributed by atoms with Crippen molar-refractivity contribution in [2.75, 3.05) is 29.9 Å². The van der Waals surface area contributed by atoms with Gasteiger partial charge < -0.3 is 10.2 Å². The Labute approximate surface area is 127 Å². The van der Waals surface area contributed by atoms with Gasteiger partial charge in [0, 0.05) is 31.0 Å². The van der Waals surface area contributed by atoms with Crippen LogP contribution in [0.25, 0.3) is 0 Å². The quantitative estimate of drug-likeness (QED) is 0.904. The van der Waals surface area contributed by atoms with Crippen molar-refractivity contribution in [1.82, 2.24) is 0 Å². The minimum Gasteiger partial charge on any atom is -0.383 e. The van der Waals surface area contributed by atoms with E-state index in [1.54, 1.807) is 0 Å². The molecule has 2 aromatic carbocycles. The molecule has 3 rings (SSSR count). The molecule has 1 aliphatic rings. The molecule has 0 aromatic heterocycles. The molecule has 21 heavy (non-hydrogen) atoms. The topological polar surface area (TPSA) is 15.3 Å². The second-order valence-corrected chi connectivity index (χ2v) is 5.89. The third-order valence-electron chi connectivity index (χ3n) is 4.51. The smallest absolute Gasteiger partial charge is 0.0399 e. The van der Waals surface area contributed by atoms with E-state index in [1.807, 2.05) is 0 Å². The third kappa shape index (κ3) is 3.05. The molecule has 0 spiro atoms. The van der Waals surface area contributed by atoms with Gasteiger partial charge in [-0.25, -0.2) is 0 Å². The summed E-state index contributed by atoms with van der Waals surface area (Å²) in [5.41, 5.74) is 6.89. The van der Waals surface area contributed by atoms with Crippen molar-refractivity contribution in [2.45, 2.75) is 26.7 Å². The lowest BCUT2D eigenvalue weighted by molar-refractivity contribution is 0.698. The molecule has 1 aliphatic heterocycles. The van der Waals surface area contributed by atoms with E-state index < -0.39 is 0 Å². The highest BCUT2D eigenvalue weighted by Gasteiger charge is 2.15. The third-order valence-corrected chi connectivity index (χ3v) is 4.51. The van der Waals surface area contributed by atoms with Gasteiger partial charge in [-0.1, -0.05) is 30.3 Å². The fourth-order valence-electron chi connectivity index (χ4n) is 3.11. The predicted octanol–water partition coefficient (Wildman–Crippen LogP) is 4.17. The van der Waals surface area contributed by atoms with Crippen LogP contribution in [0.5, 0.6) is 0 Å². The molecule has 2 heteroatoms. The maximum atomic E-state index is 3.59. The lowest BCUT2D eigenvalue weighted by Crippen LogP contribution is -2.33. The highest BCUT2D eigenvalue weighted by atomic mass is 15.1. The molecular weight excluding hydrogens is 256 g/mol. The van der Waals surface area contributed by atoms with Crippen molar-refractivity contribution >= 4 is 11.4 Å². The predicted molar refractivity (Wildman–Crippen MR) is 91.4 cm³/mol. The summed E-state index contributed by atoms with van der Waals surface area (Å²) in [5, 5.41) is 3.59. The molecule has 0 unspecified atom stereocenters. The molecular formula is C19H24N2. The van der Waals surface area contributed by atoms with E-state index in [9.17, 15) is 0 Å². The van der Waals surface area contributed by atoms with E-state index in [0.29, 0.717) is 0 Å². The SMILES string of the molecule is Cc1cccc(NCCN2CCCc3ccccc32)c1C. The second-order valence-electron chi connectivity index (χ2n) is 5.89. The number of anilines is 2. The zero-order valence-electron chi connectivity index (χ0n) is 13.0. The van der Waals surface area contributed by atoms with Gasteiger partial charge in [0.2, 0.25) is 0 Å². The van der Waals surface area contributed by atoms with Gasteiger partial charge >= 0.3 is 0 Å². The van der Waals surface area contributed by atoms with Gasteiger partial charge in [-0.05, 0) is 55.5 Å². The van der Waals surface area contributed by atoms with Crippen LogP contribution in [0.4, 0.5) is 11.4 Å². The Kier molecular flexibility index (Phi) is 4.14. The molecule has 2 nitrogen and oxygen atoms in total. The summed E-state index contributed by atoms with van der Waals surface area (Å²) in [5.74, 6) is 0. The van der Waals surface area contributed by atoms with E-state index >= 15 is 0 Å². The van der Waals surface area contributed by atoms with E-state index in [0.717, 1.165) is 13.1 Å². The molecule has 0 radical (unpaired) electrons. The van der Waals surface area contributed by atoms with Gasteiger partial charge in [-0.15, -0.1) is 0 Å². The largest absolute Gasteiger partial charge is 0.383 e. The van der Waals surface area contributed by atoms with Crippen LogP contribution in [0, 0.1) is 13.8 Å². The molecule has 0 saturated heterocycles. The monoisotopic (exact) mass is 280 g/mol. The zero-order chi connectivity index (χ0) is 14.7. The van der Waals surface area contributed by atoms with Gasteiger partial charge in [0.25, 0.3) is 0 Å². The highest BCUT2D eigenvalue weighted by molar-refractivity contribution is 5.56. The Morgan fingerprint density at radius 2 is 1.90 bits per heavy atom. The van der Waals surface area contributed by atoms with Crippen molar-refractivity contribution in [3.63, 3.8) is 0 Å². The van der Waals surface area contributed by atoms with Crippen LogP contribution in [0.15, 0.2) is 42.5 Å². The maximum Gasteiger partial charge on any atom is 0.0399 e. The van der Waals surface area contributed by atoms with Crippen LogP contribution < -0.4 is 10.2 Å². The number of fused-ring (bicyclic) bond motifs is 1. The summed E-state index contributed by atoms with van der Waals surface area (Å²) in [6.07, 6.45) is 2.48. The number of rotatable bonds is 4. The molecule has 0 fully saturated rings. The standard InChI is InChI=1S/C19H24N2/c1-15-7-5-10-18(16(15)2)20-12-14-21-13-6-9-17-8-3-4-11-19(17)21/h3-5,7-8,10-11,20H,6,9,12-14H2,1-2H3. The van der Waals surface area contributed by atoms with Gasteiger partial charge in [-0.2, -0.15) is 0 Å². The van der Waals surface area contributed by atoms with Crippen LogP contribution in [0.3, 0.4) is 0 Å². The molecule has 1 N–H and O–H groups in total. The van der Waals surface area contributed by atoms with Crippen LogP contribution in [-0.4, -0.2) is 19.6 Å². The van der Waals surface area contributed by atoms with Gasteiger partial charge in [0.15, 0.2) is 0 Å². The van der Waals surface area contributed by atoms with Crippen molar-refractivity contribution in [2.24, 2.45) is 0 Å². The number of para-hydroxylation sites is 1. The number of nitrogens with one attached hydrogen (secondary N) is 1. The number of hydrogen-bond donors (Lipinski definition) is 1. The highest BCUT2D eigenvalue weighted by Crippen LogP contribution is 2.26.